The lowest BCUT2D eigenvalue weighted by Crippen LogP contribution is -2.16. The average molecular weight is 160 g/mol. The topological polar surface area (TPSA) is 9.23 Å². The van der Waals surface area contributed by atoms with Gasteiger partial charge in [-0.3, -0.25) is 0 Å². The lowest BCUT2D eigenvalue weighted by molar-refractivity contribution is 0.401. The van der Waals surface area contributed by atoms with Crippen LogP contribution in [-0.4, -0.2) is 16.4 Å². The highest BCUT2D eigenvalue weighted by Gasteiger charge is 1.91. The molecule has 1 aromatic rings. The van der Waals surface area contributed by atoms with Crippen LogP contribution in [0, 0.1) is 12.3 Å². The van der Waals surface area contributed by atoms with Gasteiger partial charge < -0.3 is 4.43 Å². The average Bonchev–Trinajstić information content (AvgIpc) is 2.07. The van der Waals surface area contributed by atoms with Crippen molar-refractivity contribution in [1.82, 2.24) is 0 Å². The molecule has 0 bridgehead atoms. The maximum atomic E-state index is 5.16. The Morgan fingerprint density at radius 1 is 1.36 bits per heavy atom. The molecular formula is C9H8OSi. The Bertz CT molecular complexity index is 237. The second-order valence-corrected chi connectivity index (χ2v) is 3.03. The van der Waals surface area contributed by atoms with Crippen LogP contribution in [0.4, 0.5) is 0 Å². The van der Waals surface area contributed by atoms with Crippen LogP contribution in [-0.2, 0) is 4.43 Å². The zero-order valence-corrected chi connectivity index (χ0v) is 7.08. The van der Waals surface area contributed by atoms with Gasteiger partial charge in [0.05, 0.1) is 6.61 Å². The lowest BCUT2D eigenvalue weighted by atomic mass is 10.4. The van der Waals surface area contributed by atoms with E-state index in [9.17, 15) is 0 Å². The molecule has 0 unspecified atom stereocenters. The zero-order chi connectivity index (χ0) is 7.94. The second kappa shape index (κ2) is 4.72. The molecule has 0 saturated carbocycles. The lowest BCUT2D eigenvalue weighted by Gasteiger charge is -1.96. The van der Waals surface area contributed by atoms with Gasteiger partial charge in [-0.1, -0.05) is 36.3 Å². The molecule has 11 heavy (non-hydrogen) atoms. The smallest absolute Gasteiger partial charge is 0.270 e. The van der Waals surface area contributed by atoms with E-state index in [1.54, 1.807) is 0 Å². The molecule has 1 rings (SSSR count). The van der Waals surface area contributed by atoms with E-state index < -0.39 is 0 Å². The fraction of sp³-hybridized carbons (Fsp3) is 0.111. The van der Waals surface area contributed by atoms with Crippen molar-refractivity contribution in [2.45, 2.75) is 0 Å². The van der Waals surface area contributed by atoms with Gasteiger partial charge in [-0.2, -0.15) is 0 Å². The minimum Gasteiger partial charge on any atom is -0.400 e. The summed E-state index contributed by atoms with van der Waals surface area (Å²) in [5, 5.41) is 1.18. The van der Waals surface area contributed by atoms with Crippen molar-refractivity contribution < 1.29 is 4.43 Å². The summed E-state index contributed by atoms with van der Waals surface area (Å²) in [6, 6.07) is 10.0. The molecule has 0 spiro atoms. The summed E-state index contributed by atoms with van der Waals surface area (Å²) in [6.07, 6.45) is 5.02. The number of hydrogen-bond donors (Lipinski definition) is 0. The van der Waals surface area contributed by atoms with Gasteiger partial charge in [-0.25, -0.2) is 0 Å². The van der Waals surface area contributed by atoms with Crippen molar-refractivity contribution in [1.29, 1.82) is 0 Å². The van der Waals surface area contributed by atoms with Gasteiger partial charge in [0.1, 0.15) is 0 Å². The van der Waals surface area contributed by atoms with Crippen LogP contribution in [0.3, 0.4) is 0 Å². The maximum absolute atomic E-state index is 5.16. The first-order valence-electron chi connectivity index (χ1n) is 3.30. The zero-order valence-electron chi connectivity index (χ0n) is 6.08. The second-order valence-electron chi connectivity index (χ2n) is 1.96. The van der Waals surface area contributed by atoms with Gasteiger partial charge in [0.2, 0.25) is 0 Å². The third-order valence-corrected chi connectivity index (χ3v) is 1.98. The van der Waals surface area contributed by atoms with Crippen LogP contribution in [0.1, 0.15) is 0 Å². The normalized spacial score (nSPS) is 9.00. The van der Waals surface area contributed by atoms with Crippen molar-refractivity contribution in [3.63, 3.8) is 0 Å². The van der Waals surface area contributed by atoms with Gasteiger partial charge in [0.15, 0.2) is 0 Å². The Morgan fingerprint density at radius 3 is 2.73 bits per heavy atom. The van der Waals surface area contributed by atoms with Crippen LogP contribution in [0.2, 0.25) is 0 Å². The molecule has 0 saturated heterocycles. The SMILES string of the molecule is C#CCO[Si]c1ccccc1. The highest BCUT2D eigenvalue weighted by molar-refractivity contribution is 6.46. The maximum Gasteiger partial charge on any atom is 0.270 e. The molecule has 0 N–H and O–H groups in total. The van der Waals surface area contributed by atoms with Gasteiger partial charge in [-0.05, 0) is 5.19 Å². The van der Waals surface area contributed by atoms with E-state index in [1.165, 1.54) is 5.19 Å². The molecular weight excluding hydrogens is 152 g/mol. The molecule has 0 atom stereocenters. The van der Waals surface area contributed by atoms with Crippen LogP contribution in [0.5, 0.6) is 0 Å². The van der Waals surface area contributed by atoms with Gasteiger partial charge in [-0.15, -0.1) is 6.42 Å². The minimum absolute atomic E-state index is 0.369. The Hall–Kier alpha value is -1.04. The van der Waals surface area contributed by atoms with Gasteiger partial charge >= 0.3 is 0 Å². The number of terminal acetylenes is 1. The Labute approximate surface area is 69.3 Å². The van der Waals surface area contributed by atoms with Crippen molar-refractivity contribution in [2.24, 2.45) is 0 Å². The Kier molecular flexibility index (Phi) is 3.46. The van der Waals surface area contributed by atoms with E-state index in [1.807, 2.05) is 30.3 Å². The summed E-state index contributed by atoms with van der Waals surface area (Å²) in [5.41, 5.74) is 0. The summed E-state index contributed by atoms with van der Waals surface area (Å²) in [7, 11) is 0.369. The van der Waals surface area contributed by atoms with E-state index in [0.29, 0.717) is 16.4 Å². The summed E-state index contributed by atoms with van der Waals surface area (Å²) in [6.45, 7) is 0.396. The van der Waals surface area contributed by atoms with Crippen molar-refractivity contribution in [3.8, 4) is 12.3 Å². The summed E-state index contributed by atoms with van der Waals surface area (Å²) in [4.78, 5) is 0. The van der Waals surface area contributed by atoms with Gasteiger partial charge in [0, 0.05) is 0 Å². The van der Waals surface area contributed by atoms with Crippen LogP contribution >= 0.6 is 0 Å². The fourth-order valence-corrected chi connectivity index (χ4v) is 1.32. The first-order valence-corrected chi connectivity index (χ1v) is 4.20. The third-order valence-electron chi connectivity index (χ3n) is 1.12. The van der Waals surface area contributed by atoms with Gasteiger partial charge in [0.25, 0.3) is 9.76 Å². The molecule has 1 nitrogen and oxygen atoms in total. The first kappa shape index (κ1) is 8.06. The van der Waals surface area contributed by atoms with Crippen molar-refractivity contribution >= 4 is 14.9 Å². The predicted octanol–water partition coefficient (Wildman–Crippen LogP) is 0.581. The van der Waals surface area contributed by atoms with Crippen LogP contribution < -0.4 is 5.19 Å². The number of benzene rings is 1. The highest BCUT2D eigenvalue weighted by atomic mass is 28.2. The molecule has 0 heterocycles. The summed E-state index contributed by atoms with van der Waals surface area (Å²) < 4.78 is 5.16. The molecule has 54 valence electrons. The summed E-state index contributed by atoms with van der Waals surface area (Å²) >= 11 is 0. The largest absolute Gasteiger partial charge is 0.400 e. The van der Waals surface area contributed by atoms with E-state index in [-0.39, 0.29) is 0 Å². The Morgan fingerprint density at radius 2 is 2.09 bits per heavy atom. The fourth-order valence-electron chi connectivity index (χ4n) is 0.667. The molecule has 0 aliphatic heterocycles. The van der Waals surface area contributed by atoms with E-state index in [2.05, 4.69) is 5.92 Å². The molecule has 0 aliphatic carbocycles. The molecule has 2 radical (unpaired) electrons. The van der Waals surface area contributed by atoms with Crippen LogP contribution in [0.15, 0.2) is 30.3 Å². The molecule has 0 fully saturated rings. The molecule has 0 aromatic heterocycles. The third kappa shape index (κ3) is 3.03. The standard InChI is InChI=1S/C9H8OSi/c1-2-8-10-11-9-6-4-3-5-7-9/h1,3-7H,8H2. The van der Waals surface area contributed by atoms with E-state index >= 15 is 0 Å². The summed E-state index contributed by atoms with van der Waals surface area (Å²) in [5.74, 6) is 2.42. The Balaban J connectivity index is 2.35. The number of rotatable bonds is 3. The van der Waals surface area contributed by atoms with E-state index in [0.717, 1.165) is 0 Å². The minimum atomic E-state index is 0.369. The molecule has 1 aromatic carbocycles. The van der Waals surface area contributed by atoms with Crippen LogP contribution in [0.25, 0.3) is 0 Å². The quantitative estimate of drug-likeness (QED) is 0.357. The van der Waals surface area contributed by atoms with Crippen molar-refractivity contribution in [3.05, 3.63) is 30.3 Å². The molecule has 0 aliphatic rings. The molecule has 2 heteroatoms. The number of hydrogen-bond acceptors (Lipinski definition) is 1. The highest BCUT2D eigenvalue weighted by Crippen LogP contribution is 1.81. The predicted molar refractivity (Wildman–Crippen MR) is 46.6 cm³/mol. The van der Waals surface area contributed by atoms with E-state index in [4.69, 9.17) is 10.8 Å². The first-order chi connectivity index (χ1) is 5.43. The van der Waals surface area contributed by atoms with Crippen molar-refractivity contribution in [2.75, 3.05) is 6.61 Å². The molecule has 0 amide bonds. The monoisotopic (exact) mass is 160 g/mol.